The molecule has 0 aliphatic carbocycles. The monoisotopic (exact) mass is 660 g/mol. The van der Waals surface area contributed by atoms with Gasteiger partial charge in [-0.3, -0.25) is 0 Å². The maximum Gasteiger partial charge on any atom is -0.00150 e. The lowest BCUT2D eigenvalue weighted by Gasteiger charge is -2.31. The fourth-order valence-corrected chi connectivity index (χ4v) is 9.94. The first-order chi connectivity index (χ1) is 23.2. The number of fused-ring (bicyclic) bond motifs is 3. The van der Waals surface area contributed by atoms with Gasteiger partial charge in [-0.1, -0.05) is 0 Å². The minimum absolute atomic E-state index is 1.41. The molecule has 0 heterocycles. The second-order valence-electron chi connectivity index (χ2n) is 16.2. The van der Waals surface area contributed by atoms with Crippen LogP contribution in [-0.2, 0) is 0 Å². The Kier molecular flexibility index (Phi) is 8.50. The van der Waals surface area contributed by atoms with E-state index in [0.29, 0.717) is 0 Å². The van der Waals surface area contributed by atoms with E-state index < -0.39 is 0 Å². The summed E-state index contributed by atoms with van der Waals surface area (Å²) in [6.07, 6.45) is 0. The number of benzene rings is 6. The van der Waals surface area contributed by atoms with Crippen LogP contribution in [0.25, 0.3) is 54.6 Å². The van der Waals surface area contributed by atoms with E-state index in [4.69, 9.17) is 0 Å². The van der Waals surface area contributed by atoms with Gasteiger partial charge < -0.3 is 0 Å². The largest absolute Gasteiger partial charge is 0.0447 e. The van der Waals surface area contributed by atoms with Crippen LogP contribution < -0.4 is 0 Å². The quantitative estimate of drug-likeness (QED) is 0.162. The van der Waals surface area contributed by atoms with Crippen LogP contribution >= 0.6 is 0 Å². The van der Waals surface area contributed by atoms with E-state index in [0.717, 1.165) is 0 Å². The summed E-state index contributed by atoms with van der Waals surface area (Å²) in [5, 5.41) is 8.66. The Morgan fingerprint density at radius 2 is 0.280 bits per heavy atom. The predicted octanol–water partition coefficient (Wildman–Crippen LogP) is 14.6. The molecule has 0 amide bonds. The Balaban J connectivity index is 2.20. The molecule has 0 saturated carbocycles. The normalized spacial score (nSPS) is 12.0. The van der Waals surface area contributed by atoms with Crippen molar-refractivity contribution in [3.8, 4) is 22.3 Å². The topological polar surface area (TPSA) is 0 Å². The molecule has 0 bridgehead atoms. The van der Waals surface area contributed by atoms with E-state index in [9.17, 15) is 0 Å². The third-order valence-corrected chi connectivity index (χ3v) is 14.6. The molecule has 6 aromatic rings. The molecular weight excluding hydrogens is 601 g/mol. The molecule has 0 aromatic heterocycles. The molecule has 0 atom stereocenters. The van der Waals surface area contributed by atoms with Gasteiger partial charge in [-0.15, -0.1) is 0 Å². The summed E-state index contributed by atoms with van der Waals surface area (Å²) in [5.41, 5.74) is 34.1. The lowest BCUT2D eigenvalue weighted by molar-refractivity contribution is 1.18. The van der Waals surface area contributed by atoms with Crippen LogP contribution in [0.2, 0.25) is 0 Å². The van der Waals surface area contributed by atoms with Gasteiger partial charge in [0.2, 0.25) is 0 Å². The molecule has 0 aliphatic rings. The van der Waals surface area contributed by atoms with Gasteiger partial charge in [0.25, 0.3) is 0 Å². The van der Waals surface area contributed by atoms with Gasteiger partial charge in [0.15, 0.2) is 0 Å². The first-order valence-electron chi connectivity index (χ1n) is 18.8. The first kappa shape index (κ1) is 35.9. The van der Waals surface area contributed by atoms with Crippen molar-refractivity contribution >= 4 is 32.3 Å². The van der Waals surface area contributed by atoms with Crippen LogP contribution in [0.3, 0.4) is 0 Å². The highest BCUT2D eigenvalue weighted by Gasteiger charge is 2.30. The van der Waals surface area contributed by atoms with Gasteiger partial charge in [-0.05, 0) is 304 Å². The van der Waals surface area contributed by atoms with E-state index in [1.807, 2.05) is 0 Å². The molecule has 0 nitrogen and oxygen atoms in total. The predicted molar refractivity (Wildman–Crippen MR) is 225 cm³/mol. The minimum atomic E-state index is 1.41. The Bertz CT molecular complexity index is 2310. The van der Waals surface area contributed by atoms with Crippen LogP contribution in [0.4, 0.5) is 0 Å². The summed E-state index contributed by atoms with van der Waals surface area (Å²) < 4.78 is 0. The zero-order chi connectivity index (χ0) is 37.3. The zero-order valence-corrected chi connectivity index (χ0v) is 35.0. The minimum Gasteiger partial charge on any atom is -0.0447 e. The van der Waals surface area contributed by atoms with E-state index >= 15 is 0 Å². The lowest BCUT2D eigenvalue weighted by Crippen LogP contribution is -2.08. The molecule has 0 spiro atoms. The summed E-state index contributed by atoms with van der Waals surface area (Å²) >= 11 is 0. The lowest BCUT2D eigenvalue weighted by atomic mass is 9.72. The van der Waals surface area contributed by atoms with Crippen molar-refractivity contribution in [2.24, 2.45) is 0 Å². The molecule has 0 aliphatic heterocycles. The van der Waals surface area contributed by atoms with Gasteiger partial charge in [0.1, 0.15) is 0 Å². The molecule has 6 aromatic carbocycles. The van der Waals surface area contributed by atoms with Crippen LogP contribution in [0, 0.1) is 138 Å². The van der Waals surface area contributed by atoms with Crippen LogP contribution in [0.15, 0.2) is 0 Å². The fourth-order valence-electron chi connectivity index (χ4n) is 9.94. The molecule has 0 radical (unpaired) electrons. The van der Waals surface area contributed by atoms with Crippen LogP contribution in [-0.4, -0.2) is 0 Å². The van der Waals surface area contributed by atoms with Gasteiger partial charge >= 0.3 is 0 Å². The third kappa shape index (κ3) is 4.42. The van der Waals surface area contributed by atoms with E-state index in [2.05, 4.69) is 138 Å². The number of aryl methyl sites for hydroxylation is 6. The Morgan fingerprint density at radius 1 is 0.120 bits per heavy atom. The van der Waals surface area contributed by atoms with E-state index in [1.54, 1.807) is 0 Å². The molecule has 0 saturated heterocycles. The third-order valence-electron chi connectivity index (χ3n) is 14.6. The van der Waals surface area contributed by atoms with Crippen molar-refractivity contribution in [3.63, 3.8) is 0 Å². The molecule has 0 fully saturated rings. The highest BCUT2D eigenvalue weighted by atomic mass is 14.3. The van der Waals surface area contributed by atoms with Crippen molar-refractivity contribution in [1.82, 2.24) is 0 Å². The smallest absolute Gasteiger partial charge is 0.00150 e. The van der Waals surface area contributed by atoms with E-state index in [1.165, 1.54) is 166 Å². The standard InChI is InChI=1S/C50H60/c1-21-23(3)31(11)41(32(12)24(21)4)49-45-37(17)29(9)30(10)38(18)46(45)50(42-33(13)25(5)22(2)26(6)34(42)14)48-40(20)44-36(16)28(8)27(7)35(15)43(44)39(19)47(48)49/h1-20H3. The SMILES string of the molecule is Cc1c(C)c(C)c(-c2c3c(C)c(C)c(C)c(C)c3c(-c3c(C)c(C)c(C)c(C)c3C)c3c(C)c4c(C)c(C)c(C)c(C)c4c(C)c23)c(C)c1C. The summed E-state index contributed by atoms with van der Waals surface area (Å²) in [6.45, 7) is 47.3. The average Bonchev–Trinajstić information content (AvgIpc) is 3.09. The van der Waals surface area contributed by atoms with Gasteiger partial charge in [0.05, 0.1) is 0 Å². The van der Waals surface area contributed by atoms with Crippen molar-refractivity contribution < 1.29 is 0 Å². The Morgan fingerprint density at radius 3 is 0.520 bits per heavy atom. The summed E-state index contributed by atoms with van der Waals surface area (Å²) in [6, 6.07) is 0. The average molecular weight is 661 g/mol. The van der Waals surface area contributed by atoms with Crippen molar-refractivity contribution in [2.75, 3.05) is 0 Å². The summed E-state index contributed by atoms with van der Waals surface area (Å²) in [5.74, 6) is 0. The summed E-state index contributed by atoms with van der Waals surface area (Å²) in [7, 11) is 0. The second-order valence-corrected chi connectivity index (χ2v) is 16.2. The highest BCUT2D eigenvalue weighted by molar-refractivity contribution is 6.29. The molecule has 0 unspecified atom stereocenters. The van der Waals surface area contributed by atoms with Crippen molar-refractivity contribution in [3.05, 3.63) is 111 Å². The van der Waals surface area contributed by atoms with Crippen molar-refractivity contribution in [2.45, 2.75) is 138 Å². The van der Waals surface area contributed by atoms with E-state index in [-0.39, 0.29) is 0 Å². The molecule has 260 valence electrons. The maximum absolute atomic E-state index is 2.44. The number of hydrogen-bond donors (Lipinski definition) is 0. The number of hydrogen-bond acceptors (Lipinski definition) is 0. The maximum atomic E-state index is 2.44. The van der Waals surface area contributed by atoms with Gasteiger partial charge in [-0.25, -0.2) is 0 Å². The fraction of sp³-hybridized carbons (Fsp3) is 0.400. The molecule has 6 rings (SSSR count). The van der Waals surface area contributed by atoms with Gasteiger partial charge in [0, 0.05) is 0 Å². The number of rotatable bonds is 2. The molecule has 0 heteroatoms. The highest BCUT2D eigenvalue weighted by Crippen LogP contribution is 2.55. The first-order valence-corrected chi connectivity index (χ1v) is 18.8. The molecule has 0 N–H and O–H groups in total. The van der Waals surface area contributed by atoms with Gasteiger partial charge in [-0.2, -0.15) is 0 Å². The zero-order valence-electron chi connectivity index (χ0n) is 35.0. The van der Waals surface area contributed by atoms with Crippen molar-refractivity contribution in [1.29, 1.82) is 0 Å². The Hall–Kier alpha value is -3.90. The van der Waals surface area contributed by atoms with Crippen LogP contribution in [0.5, 0.6) is 0 Å². The molecular formula is C50H60. The van der Waals surface area contributed by atoms with Crippen LogP contribution in [0.1, 0.15) is 111 Å². The molecule has 50 heavy (non-hydrogen) atoms. The second kappa shape index (κ2) is 11.8. The Labute approximate surface area is 303 Å². The summed E-state index contributed by atoms with van der Waals surface area (Å²) in [4.78, 5) is 0.